The lowest BCUT2D eigenvalue weighted by molar-refractivity contribution is 0.0970. The second-order valence-electron chi connectivity index (χ2n) is 7.90. The molecule has 0 fully saturated rings. The summed E-state index contributed by atoms with van der Waals surface area (Å²) in [5, 5.41) is 0.912. The minimum atomic E-state index is -0.641. The van der Waals surface area contributed by atoms with Crippen molar-refractivity contribution in [1.29, 1.82) is 0 Å². The second-order valence-corrected chi connectivity index (χ2v) is 8.34. The predicted molar refractivity (Wildman–Crippen MR) is 121 cm³/mol. The first-order chi connectivity index (χ1) is 15.0. The Labute approximate surface area is 183 Å². The molecule has 1 atom stereocenters. The molecule has 2 aromatic heterocycles. The third kappa shape index (κ3) is 3.13. The molecule has 0 spiro atoms. The molecule has 4 aromatic rings. The maximum Gasteiger partial charge on any atom is 0.296 e. The summed E-state index contributed by atoms with van der Waals surface area (Å²) in [5.41, 5.74) is 2.50. The van der Waals surface area contributed by atoms with Crippen LogP contribution in [-0.2, 0) is 0 Å². The molecule has 1 amide bonds. The van der Waals surface area contributed by atoms with E-state index < -0.39 is 11.9 Å². The van der Waals surface area contributed by atoms with Crippen molar-refractivity contribution in [3.63, 3.8) is 0 Å². The Bertz CT molecular complexity index is 1360. The normalized spacial score (nSPS) is 15.7. The molecular weight excluding hydrogens is 412 g/mol. The summed E-state index contributed by atoms with van der Waals surface area (Å²) >= 11 is 6.01. The van der Waals surface area contributed by atoms with Crippen molar-refractivity contribution < 1.29 is 9.21 Å². The number of hydrogen-bond donors (Lipinski definition) is 0. The van der Waals surface area contributed by atoms with Gasteiger partial charge >= 0.3 is 0 Å². The SMILES string of the molecule is CC(C)c1ccc([C@H]2c3c(oc4ccccc4c3=O)C(=O)N2c2ccc(Cl)cn2)cc1. The number of pyridine rings is 1. The van der Waals surface area contributed by atoms with E-state index in [1.54, 1.807) is 36.4 Å². The molecule has 0 bridgehead atoms. The number of anilines is 1. The van der Waals surface area contributed by atoms with E-state index in [1.807, 2.05) is 24.3 Å². The largest absolute Gasteiger partial charge is 0.450 e. The molecule has 31 heavy (non-hydrogen) atoms. The highest BCUT2D eigenvalue weighted by molar-refractivity contribution is 6.30. The van der Waals surface area contributed by atoms with Gasteiger partial charge in [0.25, 0.3) is 5.91 Å². The Hall–Kier alpha value is -3.44. The molecule has 6 heteroatoms. The molecule has 0 aliphatic carbocycles. The molecule has 0 saturated carbocycles. The fraction of sp³-hybridized carbons (Fsp3) is 0.160. The van der Waals surface area contributed by atoms with Crippen LogP contribution < -0.4 is 10.3 Å². The summed E-state index contributed by atoms with van der Waals surface area (Å²) in [6, 6.07) is 17.6. The Morgan fingerprint density at radius 2 is 1.74 bits per heavy atom. The summed E-state index contributed by atoms with van der Waals surface area (Å²) in [6.45, 7) is 4.24. The number of amides is 1. The van der Waals surface area contributed by atoms with Crippen LogP contribution in [0.1, 0.15) is 53.1 Å². The van der Waals surface area contributed by atoms with Gasteiger partial charge in [0.1, 0.15) is 11.4 Å². The first kappa shape index (κ1) is 19.5. The Morgan fingerprint density at radius 3 is 2.42 bits per heavy atom. The Kier molecular flexibility index (Phi) is 4.63. The van der Waals surface area contributed by atoms with Crippen molar-refractivity contribution in [2.24, 2.45) is 0 Å². The minimum absolute atomic E-state index is 0.0541. The number of carbonyl (C=O) groups excluding carboxylic acids is 1. The fourth-order valence-electron chi connectivity index (χ4n) is 4.05. The number of nitrogens with zero attached hydrogens (tertiary/aromatic N) is 2. The molecule has 5 nitrogen and oxygen atoms in total. The van der Waals surface area contributed by atoms with Gasteiger partial charge in [-0.25, -0.2) is 4.98 Å². The Balaban J connectivity index is 1.77. The van der Waals surface area contributed by atoms with Gasteiger partial charge in [-0.1, -0.05) is 61.8 Å². The smallest absolute Gasteiger partial charge is 0.296 e. The summed E-state index contributed by atoms with van der Waals surface area (Å²) in [4.78, 5) is 32.8. The minimum Gasteiger partial charge on any atom is -0.450 e. The number of rotatable bonds is 3. The van der Waals surface area contributed by atoms with Crippen molar-refractivity contribution in [2.45, 2.75) is 25.8 Å². The number of hydrogen-bond acceptors (Lipinski definition) is 4. The molecule has 5 rings (SSSR count). The molecule has 0 radical (unpaired) electrons. The van der Waals surface area contributed by atoms with Crippen LogP contribution in [0.15, 0.2) is 76.1 Å². The fourth-order valence-corrected chi connectivity index (χ4v) is 4.16. The van der Waals surface area contributed by atoms with Crippen LogP contribution in [0.3, 0.4) is 0 Å². The van der Waals surface area contributed by atoms with Crippen molar-refractivity contribution in [3.05, 3.63) is 105 Å². The third-order valence-electron chi connectivity index (χ3n) is 5.66. The number of halogens is 1. The van der Waals surface area contributed by atoms with Crippen LogP contribution in [0.5, 0.6) is 0 Å². The number of carbonyl (C=O) groups is 1. The highest BCUT2D eigenvalue weighted by Gasteiger charge is 2.44. The van der Waals surface area contributed by atoms with Gasteiger partial charge in [0.2, 0.25) is 5.76 Å². The molecule has 0 unspecified atom stereocenters. The van der Waals surface area contributed by atoms with Gasteiger partial charge in [-0.15, -0.1) is 0 Å². The van der Waals surface area contributed by atoms with Crippen LogP contribution in [0.2, 0.25) is 5.02 Å². The first-order valence-electron chi connectivity index (χ1n) is 10.1. The number of fused-ring (bicyclic) bond motifs is 2. The van der Waals surface area contributed by atoms with Gasteiger partial charge in [0, 0.05) is 6.20 Å². The molecule has 1 aliphatic rings. The third-order valence-corrected chi connectivity index (χ3v) is 5.88. The zero-order valence-electron chi connectivity index (χ0n) is 17.0. The van der Waals surface area contributed by atoms with Gasteiger partial charge in [-0.2, -0.15) is 0 Å². The lowest BCUT2D eigenvalue weighted by atomic mass is 9.95. The first-order valence-corrected chi connectivity index (χ1v) is 10.4. The summed E-state index contributed by atoms with van der Waals surface area (Å²) in [5.74, 6) is 0.431. The van der Waals surface area contributed by atoms with E-state index in [0.717, 1.165) is 5.56 Å². The van der Waals surface area contributed by atoms with E-state index in [0.29, 0.717) is 33.3 Å². The number of aromatic nitrogens is 1. The average molecular weight is 431 g/mol. The summed E-state index contributed by atoms with van der Waals surface area (Å²) < 4.78 is 5.94. The number of para-hydroxylation sites is 1. The second kappa shape index (κ2) is 7.36. The zero-order chi connectivity index (χ0) is 21.7. The quantitative estimate of drug-likeness (QED) is 0.417. The molecular formula is C25H19ClN2O3. The molecule has 154 valence electrons. The Morgan fingerprint density at radius 1 is 1.00 bits per heavy atom. The van der Waals surface area contributed by atoms with Crippen molar-refractivity contribution in [2.75, 3.05) is 4.90 Å². The van der Waals surface area contributed by atoms with E-state index in [2.05, 4.69) is 18.8 Å². The molecule has 2 aromatic carbocycles. The number of benzene rings is 2. The summed E-state index contributed by atoms with van der Waals surface area (Å²) in [6.07, 6.45) is 1.48. The van der Waals surface area contributed by atoms with Gasteiger partial charge < -0.3 is 4.42 Å². The van der Waals surface area contributed by atoms with E-state index >= 15 is 0 Å². The lowest BCUT2D eigenvalue weighted by Gasteiger charge is -2.24. The van der Waals surface area contributed by atoms with Crippen LogP contribution in [0.4, 0.5) is 5.82 Å². The van der Waals surface area contributed by atoms with Gasteiger partial charge in [-0.05, 0) is 41.3 Å². The predicted octanol–water partition coefficient (Wildman–Crippen LogP) is 5.71. The highest BCUT2D eigenvalue weighted by Crippen LogP contribution is 2.40. The monoisotopic (exact) mass is 430 g/mol. The van der Waals surface area contributed by atoms with Crippen molar-refractivity contribution in [1.82, 2.24) is 4.98 Å². The topological polar surface area (TPSA) is 63.4 Å². The molecule has 3 heterocycles. The van der Waals surface area contributed by atoms with E-state index in [4.69, 9.17) is 16.0 Å². The standard InChI is InChI=1S/C25H19ClN2O3/c1-14(2)15-7-9-16(10-8-15)22-21-23(29)18-5-3-4-6-19(18)31-24(21)25(30)28(22)20-12-11-17(26)13-27-20/h3-14,22H,1-2H3/t22-/m0/s1. The van der Waals surface area contributed by atoms with Crippen LogP contribution in [0.25, 0.3) is 11.0 Å². The van der Waals surface area contributed by atoms with E-state index in [1.165, 1.54) is 16.7 Å². The lowest BCUT2D eigenvalue weighted by Crippen LogP contribution is -2.30. The zero-order valence-corrected chi connectivity index (χ0v) is 17.8. The highest BCUT2D eigenvalue weighted by atomic mass is 35.5. The van der Waals surface area contributed by atoms with E-state index in [9.17, 15) is 9.59 Å². The van der Waals surface area contributed by atoms with Crippen molar-refractivity contribution in [3.8, 4) is 0 Å². The molecule has 1 aliphatic heterocycles. The molecule has 0 saturated heterocycles. The maximum atomic E-state index is 13.5. The van der Waals surface area contributed by atoms with Crippen LogP contribution in [0, 0.1) is 0 Å². The van der Waals surface area contributed by atoms with Gasteiger partial charge in [0.05, 0.1) is 22.0 Å². The van der Waals surface area contributed by atoms with Crippen molar-refractivity contribution >= 4 is 34.3 Å². The van der Waals surface area contributed by atoms with Gasteiger partial charge in [0.15, 0.2) is 5.43 Å². The van der Waals surface area contributed by atoms with Crippen LogP contribution in [-0.4, -0.2) is 10.9 Å². The molecule has 0 N–H and O–H groups in total. The summed E-state index contributed by atoms with van der Waals surface area (Å²) in [7, 11) is 0. The average Bonchev–Trinajstić information content (AvgIpc) is 3.07. The van der Waals surface area contributed by atoms with Gasteiger partial charge in [-0.3, -0.25) is 14.5 Å². The van der Waals surface area contributed by atoms with E-state index in [-0.39, 0.29) is 11.2 Å². The maximum absolute atomic E-state index is 13.5. The van der Waals surface area contributed by atoms with Crippen LogP contribution >= 0.6 is 11.6 Å².